The average molecular weight is 248 g/mol. The number of benzene rings is 1. The molecule has 1 heterocycles. The van der Waals surface area contributed by atoms with E-state index < -0.39 is 0 Å². The van der Waals surface area contributed by atoms with Crippen LogP contribution in [0.2, 0.25) is 0 Å². The van der Waals surface area contributed by atoms with Gasteiger partial charge in [0.15, 0.2) is 0 Å². The van der Waals surface area contributed by atoms with Crippen molar-refractivity contribution >= 4 is 0 Å². The molecule has 0 bridgehead atoms. The first-order valence-corrected chi connectivity index (χ1v) is 6.01. The number of aryl methyl sites for hydroxylation is 1. The zero-order valence-corrected chi connectivity index (χ0v) is 10.4. The maximum absolute atomic E-state index is 12.8. The summed E-state index contributed by atoms with van der Waals surface area (Å²) in [4.78, 5) is 0. The summed E-state index contributed by atoms with van der Waals surface area (Å²) < 4.78 is 14.5. The first-order valence-electron chi connectivity index (χ1n) is 6.01. The van der Waals surface area contributed by atoms with Crippen molar-refractivity contribution in [2.45, 2.75) is 12.8 Å². The van der Waals surface area contributed by atoms with E-state index in [4.69, 9.17) is 0 Å². The number of halogens is 1. The van der Waals surface area contributed by atoms with E-state index in [0.717, 1.165) is 24.1 Å². The lowest BCUT2D eigenvalue weighted by atomic mass is 9.95. The number of rotatable bonds is 5. The Morgan fingerprint density at radius 3 is 2.50 bits per heavy atom. The molecule has 2 rings (SSSR count). The van der Waals surface area contributed by atoms with Gasteiger partial charge in [-0.3, -0.25) is 4.68 Å². The molecule has 3 nitrogen and oxygen atoms in total. The summed E-state index contributed by atoms with van der Waals surface area (Å²) in [7, 11) is 1.87. The highest BCUT2D eigenvalue weighted by Crippen LogP contribution is 2.14. The molecule has 0 radical (unpaired) electrons. The molecule has 0 saturated heterocycles. The maximum atomic E-state index is 12.8. The lowest BCUT2D eigenvalue weighted by Crippen LogP contribution is -2.13. The second-order valence-corrected chi connectivity index (χ2v) is 4.56. The van der Waals surface area contributed by atoms with E-state index in [1.165, 1.54) is 12.1 Å². The van der Waals surface area contributed by atoms with Crippen molar-refractivity contribution in [2.24, 2.45) is 13.0 Å². The molecule has 4 heteroatoms. The third-order valence-electron chi connectivity index (χ3n) is 2.96. The van der Waals surface area contributed by atoms with Crippen LogP contribution in [0.25, 0.3) is 0 Å². The van der Waals surface area contributed by atoms with Crippen LogP contribution < -0.4 is 0 Å². The van der Waals surface area contributed by atoms with Crippen molar-refractivity contribution in [3.8, 4) is 0 Å². The van der Waals surface area contributed by atoms with E-state index in [0.29, 0.717) is 0 Å². The molecule has 1 aromatic heterocycles. The van der Waals surface area contributed by atoms with Crippen LogP contribution in [-0.4, -0.2) is 21.5 Å². The van der Waals surface area contributed by atoms with E-state index >= 15 is 0 Å². The highest BCUT2D eigenvalue weighted by molar-refractivity contribution is 5.17. The van der Waals surface area contributed by atoms with Crippen molar-refractivity contribution < 1.29 is 9.50 Å². The minimum atomic E-state index is -0.232. The predicted octanol–water partition coefficient (Wildman–Crippen LogP) is 1.95. The molecule has 0 aliphatic rings. The minimum absolute atomic E-state index is 0.105. The van der Waals surface area contributed by atoms with Gasteiger partial charge in [-0.05, 0) is 42.5 Å². The van der Waals surface area contributed by atoms with Crippen molar-refractivity contribution in [3.63, 3.8) is 0 Å². The average Bonchev–Trinajstić information content (AvgIpc) is 2.77. The highest BCUT2D eigenvalue weighted by Gasteiger charge is 2.11. The summed E-state index contributed by atoms with van der Waals surface area (Å²) in [5.41, 5.74) is 2.00. The summed E-state index contributed by atoms with van der Waals surface area (Å²) in [6, 6.07) is 8.37. The van der Waals surface area contributed by atoms with Gasteiger partial charge < -0.3 is 5.11 Å². The Hall–Kier alpha value is -1.68. The fourth-order valence-electron chi connectivity index (χ4n) is 2.02. The molecule has 0 aliphatic carbocycles. The van der Waals surface area contributed by atoms with Gasteiger partial charge in [-0.1, -0.05) is 12.1 Å². The molecule has 1 unspecified atom stereocenters. The molecule has 0 spiro atoms. The van der Waals surface area contributed by atoms with E-state index in [1.807, 2.05) is 19.3 Å². The number of hydrogen-bond donors (Lipinski definition) is 1. The predicted molar refractivity (Wildman–Crippen MR) is 67.6 cm³/mol. The molecule has 2 aromatic rings. The van der Waals surface area contributed by atoms with Crippen LogP contribution in [-0.2, 0) is 19.9 Å². The van der Waals surface area contributed by atoms with Gasteiger partial charge in [0.05, 0.1) is 5.69 Å². The zero-order valence-electron chi connectivity index (χ0n) is 10.4. The smallest absolute Gasteiger partial charge is 0.123 e. The van der Waals surface area contributed by atoms with Gasteiger partial charge in [-0.25, -0.2) is 4.39 Å². The number of aliphatic hydroxyl groups is 1. The van der Waals surface area contributed by atoms with Crippen molar-refractivity contribution in [2.75, 3.05) is 6.61 Å². The summed E-state index contributed by atoms with van der Waals surface area (Å²) in [6.07, 6.45) is 3.35. The third-order valence-corrected chi connectivity index (χ3v) is 2.96. The first-order chi connectivity index (χ1) is 8.67. The Labute approximate surface area is 106 Å². The third kappa shape index (κ3) is 3.40. The molecule has 1 N–H and O–H groups in total. The summed E-state index contributed by atoms with van der Waals surface area (Å²) in [6.45, 7) is 0.105. The zero-order chi connectivity index (χ0) is 13.0. The highest BCUT2D eigenvalue weighted by atomic mass is 19.1. The lowest BCUT2D eigenvalue weighted by molar-refractivity contribution is 0.224. The first kappa shape index (κ1) is 12.8. The lowest BCUT2D eigenvalue weighted by Gasteiger charge is -2.12. The maximum Gasteiger partial charge on any atom is 0.123 e. The normalized spacial score (nSPS) is 12.6. The number of nitrogens with zero attached hydrogens (tertiary/aromatic N) is 2. The largest absolute Gasteiger partial charge is 0.396 e. The van der Waals surface area contributed by atoms with Gasteiger partial charge in [0, 0.05) is 19.9 Å². The van der Waals surface area contributed by atoms with Gasteiger partial charge >= 0.3 is 0 Å². The summed E-state index contributed by atoms with van der Waals surface area (Å²) in [5, 5.41) is 13.7. The van der Waals surface area contributed by atoms with Crippen LogP contribution in [0.4, 0.5) is 4.39 Å². The van der Waals surface area contributed by atoms with E-state index in [1.54, 1.807) is 16.8 Å². The molecule has 96 valence electrons. The Kier molecular flexibility index (Phi) is 4.10. The van der Waals surface area contributed by atoms with E-state index in [-0.39, 0.29) is 18.3 Å². The van der Waals surface area contributed by atoms with Crippen LogP contribution in [0, 0.1) is 11.7 Å². The van der Waals surface area contributed by atoms with Gasteiger partial charge in [0.1, 0.15) is 5.82 Å². The second-order valence-electron chi connectivity index (χ2n) is 4.56. The Morgan fingerprint density at radius 1 is 1.22 bits per heavy atom. The van der Waals surface area contributed by atoms with Gasteiger partial charge in [0.25, 0.3) is 0 Å². The van der Waals surface area contributed by atoms with Gasteiger partial charge in [-0.2, -0.15) is 5.10 Å². The molecular formula is C14H17FN2O. The Bertz CT molecular complexity index is 493. The van der Waals surface area contributed by atoms with Crippen LogP contribution in [0.15, 0.2) is 36.5 Å². The summed E-state index contributed by atoms with van der Waals surface area (Å²) >= 11 is 0. The van der Waals surface area contributed by atoms with Crippen LogP contribution in [0.3, 0.4) is 0 Å². The molecule has 1 atom stereocenters. The van der Waals surface area contributed by atoms with E-state index in [2.05, 4.69) is 5.10 Å². The fraction of sp³-hybridized carbons (Fsp3) is 0.357. The van der Waals surface area contributed by atoms with Crippen LogP contribution in [0.1, 0.15) is 11.3 Å². The molecule has 0 saturated carbocycles. The monoisotopic (exact) mass is 248 g/mol. The van der Waals surface area contributed by atoms with Crippen molar-refractivity contribution in [3.05, 3.63) is 53.6 Å². The molecule has 0 amide bonds. The quantitative estimate of drug-likeness (QED) is 0.878. The second kappa shape index (κ2) is 5.78. The molecule has 0 fully saturated rings. The van der Waals surface area contributed by atoms with Crippen molar-refractivity contribution in [1.29, 1.82) is 0 Å². The van der Waals surface area contributed by atoms with Crippen LogP contribution in [0.5, 0.6) is 0 Å². The number of aliphatic hydroxyl groups excluding tert-OH is 1. The molecule has 1 aromatic carbocycles. The Morgan fingerprint density at radius 2 is 1.94 bits per heavy atom. The van der Waals surface area contributed by atoms with Crippen LogP contribution >= 0.6 is 0 Å². The SMILES string of the molecule is Cn1ccc(CC(CO)Cc2ccc(F)cc2)n1. The van der Waals surface area contributed by atoms with Crippen molar-refractivity contribution in [1.82, 2.24) is 9.78 Å². The Balaban J connectivity index is 1.99. The summed E-state index contributed by atoms with van der Waals surface area (Å²) in [5.74, 6) is -0.116. The molecule has 18 heavy (non-hydrogen) atoms. The fourth-order valence-corrected chi connectivity index (χ4v) is 2.02. The molecule has 0 aliphatic heterocycles. The van der Waals surface area contributed by atoms with Gasteiger partial charge in [0.2, 0.25) is 0 Å². The van der Waals surface area contributed by atoms with E-state index in [9.17, 15) is 9.50 Å². The standard InChI is InChI=1S/C14H17FN2O/c1-17-7-6-14(16-17)9-12(10-18)8-11-2-4-13(15)5-3-11/h2-7,12,18H,8-10H2,1H3. The topological polar surface area (TPSA) is 38.0 Å². The minimum Gasteiger partial charge on any atom is -0.396 e. The van der Waals surface area contributed by atoms with Gasteiger partial charge in [-0.15, -0.1) is 0 Å². The number of aromatic nitrogens is 2. The number of hydrogen-bond acceptors (Lipinski definition) is 2. The molecular weight excluding hydrogens is 231 g/mol.